The van der Waals surface area contributed by atoms with Gasteiger partial charge >= 0.3 is 12.3 Å². The van der Waals surface area contributed by atoms with E-state index in [0.717, 1.165) is 6.20 Å². The number of nitrogens with two attached hydrogens (primary N) is 1. The number of rotatable bonds is 4. The van der Waals surface area contributed by atoms with Crippen molar-refractivity contribution in [3.05, 3.63) is 17.8 Å². The smallest absolute Gasteiger partial charge is 0.324 e. The number of hydrogen-bond acceptors (Lipinski definition) is 4. The summed E-state index contributed by atoms with van der Waals surface area (Å²) in [7, 11) is 0. The first-order chi connectivity index (χ1) is 7.86. The number of nitrogens with zero attached hydrogens (tertiary/aromatic N) is 2. The minimum atomic E-state index is -4.18. The second kappa shape index (κ2) is 4.86. The Labute approximate surface area is 94.1 Å². The van der Waals surface area contributed by atoms with Gasteiger partial charge in [-0.2, -0.15) is 14.0 Å². The number of alkyl halides is 4. The van der Waals surface area contributed by atoms with Crippen LogP contribution in [0.3, 0.4) is 0 Å². The van der Waals surface area contributed by atoms with Crippen molar-refractivity contribution >= 4 is 11.5 Å². The van der Waals surface area contributed by atoms with Gasteiger partial charge in [0, 0.05) is 0 Å². The van der Waals surface area contributed by atoms with Crippen LogP contribution in [0, 0.1) is 11.3 Å². The summed E-state index contributed by atoms with van der Waals surface area (Å²) in [5.74, 6) is -4.39. The Morgan fingerprint density at radius 3 is 2.71 bits per heavy atom. The molecule has 1 aromatic rings. The molecule has 0 atom stereocenters. The fourth-order valence-electron chi connectivity index (χ4n) is 0.986. The Kier molecular flexibility index (Phi) is 3.73. The first-order valence-electron chi connectivity index (χ1n) is 4.42. The second-order valence-corrected chi connectivity index (χ2v) is 3.19. The summed E-state index contributed by atoms with van der Waals surface area (Å²) in [6.07, 6.45) is -2.65. The molecule has 17 heavy (non-hydrogen) atoms. The lowest BCUT2D eigenvalue weighted by Gasteiger charge is -2.16. The van der Waals surface area contributed by atoms with Gasteiger partial charge in [0.15, 0.2) is 0 Å². The van der Waals surface area contributed by atoms with E-state index in [0.29, 0.717) is 0 Å². The molecule has 0 aliphatic rings. The molecule has 8 heteroatoms. The molecule has 0 spiro atoms. The first-order valence-corrected chi connectivity index (χ1v) is 4.42. The van der Waals surface area contributed by atoms with Crippen LogP contribution in [-0.2, 0) is 0 Å². The third kappa shape index (κ3) is 3.21. The van der Waals surface area contributed by atoms with Crippen molar-refractivity contribution in [3.63, 3.8) is 0 Å². The summed E-state index contributed by atoms with van der Waals surface area (Å²) in [6.45, 7) is -1.31. The number of halogens is 4. The maximum atomic E-state index is 12.6. The maximum Gasteiger partial charge on any atom is 0.324 e. The average molecular weight is 248 g/mol. The van der Waals surface area contributed by atoms with Crippen molar-refractivity contribution in [1.29, 1.82) is 5.26 Å². The van der Waals surface area contributed by atoms with Crippen LogP contribution in [0.5, 0.6) is 0 Å². The zero-order valence-electron chi connectivity index (χ0n) is 8.42. The molecule has 0 amide bonds. The predicted molar refractivity (Wildman–Crippen MR) is 52.8 cm³/mol. The topological polar surface area (TPSA) is 74.7 Å². The van der Waals surface area contributed by atoms with E-state index in [2.05, 4.69) is 4.98 Å². The SMILES string of the molecule is N#Cc1cc(N)cnc1NCC(F)(F)C(F)F. The molecule has 0 aromatic carbocycles. The van der Waals surface area contributed by atoms with Gasteiger partial charge in [0.25, 0.3) is 0 Å². The van der Waals surface area contributed by atoms with Gasteiger partial charge in [-0.25, -0.2) is 13.8 Å². The van der Waals surface area contributed by atoms with E-state index in [1.54, 1.807) is 6.07 Å². The zero-order valence-corrected chi connectivity index (χ0v) is 8.42. The maximum absolute atomic E-state index is 12.6. The summed E-state index contributed by atoms with van der Waals surface area (Å²) in [5.41, 5.74) is 5.41. The molecule has 0 aliphatic carbocycles. The highest BCUT2D eigenvalue weighted by molar-refractivity contribution is 5.57. The normalized spacial score (nSPS) is 11.3. The number of nitrogens with one attached hydrogen (secondary N) is 1. The van der Waals surface area contributed by atoms with Crippen molar-refractivity contribution in [1.82, 2.24) is 4.98 Å². The number of nitrogen functional groups attached to an aromatic ring is 1. The van der Waals surface area contributed by atoms with E-state index in [1.807, 2.05) is 5.32 Å². The molecule has 0 aliphatic heterocycles. The Morgan fingerprint density at radius 1 is 1.53 bits per heavy atom. The van der Waals surface area contributed by atoms with Crippen molar-refractivity contribution in [3.8, 4) is 6.07 Å². The molecule has 1 heterocycles. The lowest BCUT2D eigenvalue weighted by atomic mass is 10.2. The van der Waals surface area contributed by atoms with Crippen LogP contribution in [-0.4, -0.2) is 23.9 Å². The molecular formula is C9H8F4N4. The Balaban J connectivity index is 2.80. The van der Waals surface area contributed by atoms with E-state index >= 15 is 0 Å². The van der Waals surface area contributed by atoms with Crippen LogP contribution in [0.2, 0.25) is 0 Å². The van der Waals surface area contributed by atoms with Gasteiger partial charge < -0.3 is 11.1 Å². The summed E-state index contributed by atoms with van der Waals surface area (Å²) in [4.78, 5) is 3.57. The highest BCUT2D eigenvalue weighted by Gasteiger charge is 2.40. The van der Waals surface area contributed by atoms with E-state index in [-0.39, 0.29) is 17.1 Å². The number of anilines is 2. The standard InChI is InChI=1S/C9H8F4N4/c10-8(11)9(12,13)4-17-7-5(2-14)1-6(15)3-16-7/h1,3,8H,4,15H2,(H,16,17). The van der Waals surface area contributed by atoms with Crippen molar-refractivity contribution < 1.29 is 17.6 Å². The monoisotopic (exact) mass is 248 g/mol. The fourth-order valence-corrected chi connectivity index (χ4v) is 0.986. The molecule has 0 fully saturated rings. The predicted octanol–water partition coefficient (Wildman–Crippen LogP) is 1.85. The van der Waals surface area contributed by atoms with E-state index in [4.69, 9.17) is 11.0 Å². The fraction of sp³-hybridized carbons (Fsp3) is 0.333. The number of pyridine rings is 1. The molecule has 1 rings (SSSR count). The van der Waals surface area contributed by atoms with Gasteiger partial charge in [-0.15, -0.1) is 0 Å². The van der Waals surface area contributed by atoms with Gasteiger partial charge in [0.2, 0.25) is 0 Å². The molecule has 92 valence electrons. The zero-order chi connectivity index (χ0) is 13.1. The molecule has 3 N–H and O–H groups in total. The molecule has 1 aromatic heterocycles. The number of hydrogen-bond donors (Lipinski definition) is 2. The van der Waals surface area contributed by atoms with E-state index in [9.17, 15) is 17.6 Å². The van der Waals surface area contributed by atoms with Gasteiger partial charge in [0.05, 0.1) is 24.0 Å². The molecular weight excluding hydrogens is 240 g/mol. The van der Waals surface area contributed by atoms with Crippen molar-refractivity contribution in [2.24, 2.45) is 0 Å². The average Bonchev–Trinajstić information content (AvgIpc) is 2.27. The summed E-state index contributed by atoms with van der Waals surface area (Å²) in [5, 5.41) is 10.7. The van der Waals surface area contributed by atoms with E-state index < -0.39 is 18.9 Å². The molecule has 0 saturated heterocycles. The van der Waals surface area contributed by atoms with Crippen molar-refractivity contribution in [2.75, 3.05) is 17.6 Å². The van der Waals surface area contributed by atoms with Crippen LogP contribution in [0.4, 0.5) is 29.1 Å². The van der Waals surface area contributed by atoms with Crippen LogP contribution in [0.25, 0.3) is 0 Å². The van der Waals surface area contributed by atoms with Crippen molar-refractivity contribution in [2.45, 2.75) is 12.3 Å². The highest BCUT2D eigenvalue weighted by atomic mass is 19.3. The third-order valence-corrected chi connectivity index (χ3v) is 1.84. The molecule has 4 nitrogen and oxygen atoms in total. The number of nitriles is 1. The number of aromatic nitrogens is 1. The summed E-state index contributed by atoms with van der Waals surface area (Å²) >= 11 is 0. The largest absolute Gasteiger partial charge is 0.397 e. The Bertz CT molecular complexity index is 441. The van der Waals surface area contributed by atoms with Crippen LogP contribution in [0.15, 0.2) is 12.3 Å². The quantitative estimate of drug-likeness (QED) is 0.797. The molecule has 0 radical (unpaired) electrons. The minimum absolute atomic E-state index is 0.0879. The van der Waals surface area contributed by atoms with Crippen LogP contribution >= 0.6 is 0 Å². The molecule has 0 bridgehead atoms. The first kappa shape index (κ1) is 13.0. The van der Waals surface area contributed by atoms with Crippen LogP contribution < -0.4 is 11.1 Å². The lowest BCUT2D eigenvalue weighted by Crippen LogP contribution is -2.35. The lowest BCUT2D eigenvalue weighted by molar-refractivity contribution is -0.117. The van der Waals surface area contributed by atoms with Crippen LogP contribution in [0.1, 0.15) is 5.56 Å². The second-order valence-electron chi connectivity index (χ2n) is 3.19. The van der Waals surface area contributed by atoms with Gasteiger partial charge in [-0.1, -0.05) is 0 Å². The minimum Gasteiger partial charge on any atom is -0.397 e. The summed E-state index contributed by atoms with van der Waals surface area (Å²) in [6, 6.07) is 2.87. The van der Waals surface area contributed by atoms with E-state index in [1.165, 1.54) is 6.07 Å². The third-order valence-electron chi connectivity index (χ3n) is 1.84. The highest BCUT2D eigenvalue weighted by Crippen LogP contribution is 2.24. The Hall–Kier alpha value is -2.04. The Morgan fingerprint density at radius 2 is 2.18 bits per heavy atom. The summed E-state index contributed by atoms with van der Waals surface area (Å²) < 4.78 is 48.9. The molecule has 0 unspecified atom stereocenters. The van der Waals surface area contributed by atoms with Gasteiger partial charge in [0.1, 0.15) is 11.9 Å². The van der Waals surface area contributed by atoms with Gasteiger partial charge in [-0.3, -0.25) is 0 Å². The molecule has 0 saturated carbocycles. The van der Waals surface area contributed by atoms with Gasteiger partial charge in [-0.05, 0) is 6.07 Å².